The highest BCUT2D eigenvalue weighted by molar-refractivity contribution is 6.29. The normalized spacial score (nSPS) is 17.1. The predicted octanol–water partition coefficient (Wildman–Crippen LogP) is 0.727. The van der Waals surface area contributed by atoms with Crippen molar-refractivity contribution in [1.82, 2.24) is 10.3 Å². The number of nitrogen functional groups attached to an aromatic ring is 1. The fourth-order valence-corrected chi connectivity index (χ4v) is 1.71. The van der Waals surface area contributed by atoms with E-state index in [0.717, 1.165) is 32.0 Å². The van der Waals surface area contributed by atoms with Crippen molar-refractivity contribution in [2.45, 2.75) is 0 Å². The molecule has 4 nitrogen and oxygen atoms in total. The molecule has 1 aliphatic heterocycles. The molecule has 0 spiro atoms. The van der Waals surface area contributed by atoms with Gasteiger partial charge in [0, 0.05) is 26.2 Å². The Morgan fingerprint density at radius 1 is 1.36 bits per heavy atom. The Bertz CT molecular complexity index is 323. The summed E-state index contributed by atoms with van der Waals surface area (Å²) in [5, 5.41) is 3.77. The molecule has 1 aromatic heterocycles. The largest absolute Gasteiger partial charge is 0.396 e. The van der Waals surface area contributed by atoms with Crippen molar-refractivity contribution in [2.75, 3.05) is 36.8 Å². The van der Waals surface area contributed by atoms with Crippen LogP contribution in [0.25, 0.3) is 0 Å². The van der Waals surface area contributed by atoms with Gasteiger partial charge in [0.05, 0.1) is 5.69 Å². The van der Waals surface area contributed by atoms with Crippen molar-refractivity contribution in [1.29, 1.82) is 0 Å². The Balaban J connectivity index is 2.24. The first-order valence-electron chi connectivity index (χ1n) is 4.65. The number of nitrogens with zero attached hydrogens (tertiary/aromatic N) is 2. The Kier molecular flexibility index (Phi) is 2.74. The number of pyridine rings is 1. The average Bonchev–Trinajstić information content (AvgIpc) is 2.23. The number of hydrogen-bond acceptors (Lipinski definition) is 4. The second-order valence-electron chi connectivity index (χ2n) is 3.28. The zero-order valence-electron chi connectivity index (χ0n) is 7.83. The number of nitrogens with two attached hydrogens (primary N) is 1. The summed E-state index contributed by atoms with van der Waals surface area (Å²) in [6, 6.07) is 3.51. The quantitative estimate of drug-likeness (QED) is 0.674. The van der Waals surface area contributed by atoms with Gasteiger partial charge in [0.1, 0.15) is 5.15 Å². The molecule has 1 saturated heterocycles. The summed E-state index contributed by atoms with van der Waals surface area (Å²) in [4.78, 5) is 6.39. The maximum absolute atomic E-state index is 5.84. The second-order valence-corrected chi connectivity index (χ2v) is 3.67. The molecule has 76 valence electrons. The minimum Gasteiger partial charge on any atom is -0.396 e. The number of anilines is 2. The molecule has 14 heavy (non-hydrogen) atoms. The highest BCUT2D eigenvalue weighted by atomic mass is 35.5. The molecule has 0 unspecified atom stereocenters. The highest BCUT2D eigenvalue weighted by Gasteiger charge is 2.14. The third-order valence-electron chi connectivity index (χ3n) is 2.29. The van der Waals surface area contributed by atoms with E-state index in [1.165, 1.54) is 0 Å². The van der Waals surface area contributed by atoms with E-state index in [0.29, 0.717) is 10.8 Å². The maximum Gasteiger partial charge on any atom is 0.153 e. The molecule has 0 amide bonds. The first kappa shape index (κ1) is 9.55. The summed E-state index contributed by atoms with van der Waals surface area (Å²) in [5.74, 6) is 0.805. The lowest BCUT2D eigenvalue weighted by atomic mass is 10.3. The van der Waals surface area contributed by atoms with Gasteiger partial charge in [-0.25, -0.2) is 4.98 Å². The van der Waals surface area contributed by atoms with E-state index < -0.39 is 0 Å². The summed E-state index contributed by atoms with van der Waals surface area (Å²) in [6.07, 6.45) is 0. The van der Waals surface area contributed by atoms with Gasteiger partial charge in [-0.2, -0.15) is 0 Å². The number of piperazine rings is 1. The third-order valence-corrected chi connectivity index (χ3v) is 2.50. The van der Waals surface area contributed by atoms with E-state index in [1.807, 2.05) is 0 Å². The smallest absolute Gasteiger partial charge is 0.153 e. The maximum atomic E-state index is 5.84. The van der Waals surface area contributed by atoms with Crippen LogP contribution in [0.2, 0.25) is 5.15 Å². The van der Waals surface area contributed by atoms with Crippen LogP contribution in [0, 0.1) is 0 Å². The molecule has 0 radical (unpaired) electrons. The lowest BCUT2D eigenvalue weighted by molar-refractivity contribution is 0.585. The van der Waals surface area contributed by atoms with Gasteiger partial charge in [0.25, 0.3) is 0 Å². The summed E-state index contributed by atoms with van der Waals surface area (Å²) < 4.78 is 0. The van der Waals surface area contributed by atoms with Gasteiger partial charge in [-0.05, 0) is 12.1 Å². The van der Waals surface area contributed by atoms with Crippen LogP contribution in [-0.2, 0) is 0 Å². The van der Waals surface area contributed by atoms with E-state index in [-0.39, 0.29) is 0 Å². The molecule has 3 N–H and O–H groups in total. The molecule has 0 aromatic carbocycles. The van der Waals surface area contributed by atoms with Crippen molar-refractivity contribution < 1.29 is 0 Å². The SMILES string of the molecule is Nc1ccc(Cl)nc1N1CCNCC1. The van der Waals surface area contributed by atoms with Crippen LogP contribution in [0.5, 0.6) is 0 Å². The van der Waals surface area contributed by atoms with Crippen LogP contribution < -0.4 is 16.0 Å². The number of rotatable bonds is 1. The number of hydrogen-bond donors (Lipinski definition) is 2. The first-order chi connectivity index (χ1) is 6.77. The van der Waals surface area contributed by atoms with Gasteiger partial charge in [0.2, 0.25) is 0 Å². The molecule has 1 aliphatic rings. The number of aromatic nitrogens is 1. The second kappa shape index (κ2) is 4.02. The van der Waals surface area contributed by atoms with Gasteiger partial charge in [-0.15, -0.1) is 0 Å². The molecule has 2 heterocycles. The van der Waals surface area contributed by atoms with Crippen LogP contribution in [0.3, 0.4) is 0 Å². The molecule has 5 heteroatoms. The Morgan fingerprint density at radius 2 is 2.07 bits per heavy atom. The van der Waals surface area contributed by atoms with Gasteiger partial charge in [-0.3, -0.25) is 0 Å². The minimum absolute atomic E-state index is 0.493. The molecule has 0 aliphatic carbocycles. The lowest BCUT2D eigenvalue weighted by Crippen LogP contribution is -2.44. The van der Waals surface area contributed by atoms with Crippen LogP contribution in [0.15, 0.2) is 12.1 Å². The lowest BCUT2D eigenvalue weighted by Gasteiger charge is -2.29. The van der Waals surface area contributed by atoms with E-state index in [9.17, 15) is 0 Å². The predicted molar refractivity (Wildman–Crippen MR) is 58.7 cm³/mol. The van der Waals surface area contributed by atoms with E-state index in [2.05, 4.69) is 15.2 Å². The van der Waals surface area contributed by atoms with Crippen molar-refractivity contribution >= 4 is 23.1 Å². The van der Waals surface area contributed by atoms with Crippen LogP contribution in [0.1, 0.15) is 0 Å². The monoisotopic (exact) mass is 212 g/mol. The first-order valence-corrected chi connectivity index (χ1v) is 5.03. The van der Waals surface area contributed by atoms with Crippen molar-refractivity contribution in [3.63, 3.8) is 0 Å². The van der Waals surface area contributed by atoms with E-state index >= 15 is 0 Å². The fourth-order valence-electron chi connectivity index (χ4n) is 1.57. The van der Waals surface area contributed by atoms with Crippen molar-refractivity contribution in [2.24, 2.45) is 0 Å². The van der Waals surface area contributed by atoms with Crippen molar-refractivity contribution in [3.8, 4) is 0 Å². The van der Waals surface area contributed by atoms with Crippen LogP contribution in [0.4, 0.5) is 11.5 Å². The molecule has 1 fully saturated rings. The molecule has 0 saturated carbocycles. The number of halogens is 1. The topological polar surface area (TPSA) is 54.2 Å². The third kappa shape index (κ3) is 1.91. The zero-order chi connectivity index (χ0) is 9.97. The molecule has 2 rings (SSSR count). The zero-order valence-corrected chi connectivity index (χ0v) is 8.59. The van der Waals surface area contributed by atoms with Crippen LogP contribution >= 0.6 is 11.6 Å². The molecular formula is C9H13ClN4. The average molecular weight is 213 g/mol. The highest BCUT2D eigenvalue weighted by Crippen LogP contribution is 2.22. The van der Waals surface area contributed by atoms with Crippen LogP contribution in [-0.4, -0.2) is 31.2 Å². The molecule has 0 atom stereocenters. The minimum atomic E-state index is 0.493. The Labute approximate surface area is 88.1 Å². The van der Waals surface area contributed by atoms with Crippen molar-refractivity contribution in [3.05, 3.63) is 17.3 Å². The summed E-state index contributed by atoms with van der Waals surface area (Å²) >= 11 is 5.83. The van der Waals surface area contributed by atoms with Gasteiger partial charge in [-0.1, -0.05) is 11.6 Å². The van der Waals surface area contributed by atoms with E-state index in [4.69, 9.17) is 17.3 Å². The van der Waals surface area contributed by atoms with Gasteiger partial charge in [0.15, 0.2) is 5.82 Å². The summed E-state index contributed by atoms with van der Waals surface area (Å²) in [5.41, 5.74) is 6.53. The Hall–Kier alpha value is -1.00. The molecule has 0 bridgehead atoms. The van der Waals surface area contributed by atoms with Gasteiger partial charge < -0.3 is 16.0 Å². The van der Waals surface area contributed by atoms with E-state index in [1.54, 1.807) is 12.1 Å². The number of nitrogens with one attached hydrogen (secondary N) is 1. The summed E-state index contributed by atoms with van der Waals surface area (Å²) in [7, 11) is 0. The molecule has 1 aromatic rings. The van der Waals surface area contributed by atoms with Gasteiger partial charge >= 0.3 is 0 Å². The Morgan fingerprint density at radius 3 is 2.79 bits per heavy atom. The summed E-state index contributed by atoms with van der Waals surface area (Å²) in [6.45, 7) is 3.79. The fraction of sp³-hybridized carbons (Fsp3) is 0.444. The standard InChI is InChI=1S/C9H13ClN4/c10-8-2-1-7(11)9(13-8)14-5-3-12-4-6-14/h1-2,12H,3-6,11H2. The molecular weight excluding hydrogens is 200 g/mol.